The van der Waals surface area contributed by atoms with Gasteiger partial charge in [0.2, 0.25) is 11.8 Å². The Balaban J connectivity index is 1.46. The number of amides is 2. The summed E-state index contributed by atoms with van der Waals surface area (Å²) in [5.41, 5.74) is 2.43. The number of nitrogens with zero attached hydrogens (tertiary/aromatic N) is 3. The SMILES string of the molecule is CCc1ccc(Cn2nccc2NC(=O)[C@H]2CS[C@@]3(C)CCC(=O)N23)cc1. The molecule has 0 bridgehead atoms. The minimum atomic E-state index is -0.415. The average Bonchev–Trinajstić information content (AvgIpc) is 3.32. The van der Waals surface area contributed by atoms with Crippen molar-refractivity contribution < 1.29 is 9.59 Å². The summed E-state index contributed by atoms with van der Waals surface area (Å²) in [4.78, 5) is 26.7. The van der Waals surface area contributed by atoms with Crippen LogP contribution in [-0.2, 0) is 22.6 Å². The van der Waals surface area contributed by atoms with Crippen LogP contribution in [0.1, 0.15) is 37.8 Å². The summed E-state index contributed by atoms with van der Waals surface area (Å²) in [6.07, 6.45) is 4.03. The maximum atomic E-state index is 12.9. The number of thioether (sulfide) groups is 1. The number of benzene rings is 1. The highest BCUT2D eigenvalue weighted by Gasteiger charge is 2.52. The van der Waals surface area contributed by atoms with Gasteiger partial charge in [0.25, 0.3) is 0 Å². The van der Waals surface area contributed by atoms with Crippen LogP contribution in [0.25, 0.3) is 0 Å². The van der Waals surface area contributed by atoms with Crippen molar-refractivity contribution in [2.75, 3.05) is 11.1 Å². The first kappa shape index (κ1) is 18.1. The van der Waals surface area contributed by atoms with Crippen molar-refractivity contribution in [1.29, 1.82) is 0 Å². The number of hydrogen-bond acceptors (Lipinski definition) is 4. The van der Waals surface area contributed by atoms with Crippen LogP contribution in [-0.4, -0.2) is 43.2 Å². The van der Waals surface area contributed by atoms with Gasteiger partial charge in [-0.1, -0.05) is 31.2 Å². The monoisotopic (exact) mass is 384 g/mol. The lowest BCUT2D eigenvalue weighted by Crippen LogP contribution is -2.48. The second kappa shape index (κ2) is 7.03. The van der Waals surface area contributed by atoms with Gasteiger partial charge in [0.05, 0.1) is 17.6 Å². The molecular weight excluding hydrogens is 360 g/mol. The number of rotatable bonds is 5. The van der Waals surface area contributed by atoms with E-state index in [0.717, 1.165) is 18.4 Å². The lowest BCUT2D eigenvalue weighted by Gasteiger charge is -2.29. The summed E-state index contributed by atoms with van der Waals surface area (Å²) in [5, 5.41) is 7.32. The Labute approximate surface area is 163 Å². The van der Waals surface area contributed by atoms with E-state index in [2.05, 4.69) is 48.5 Å². The van der Waals surface area contributed by atoms with Crippen molar-refractivity contribution in [3.05, 3.63) is 47.7 Å². The van der Waals surface area contributed by atoms with E-state index in [9.17, 15) is 9.59 Å². The molecular formula is C20H24N4O2S. The maximum absolute atomic E-state index is 12.9. The molecule has 0 aliphatic carbocycles. The third-order valence-corrected chi connectivity index (χ3v) is 6.98. The number of fused-ring (bicyclic) bond motifs is 1. The first-order valence-electron chi connectivity index (χ1n) is 9.37. The van der Waals surface area contributed by atoms with Crippen LogP contribution in [0.2, 0.25) is 0 Å². The average molecular weight is 385 g/mol. The fourth-order valence-electron chi connectivity index (χ4n) is 3.84. The second-order valence-electron chi connectivity index (χ2n) is 7.30. The highest BCUT2D eigenvalue weighted by Crippen LogP contribution is 2.47. The third-order valence-electron chi connectivity index (χ3n) is 5.48. The van der Waals surface area contributed by atoms with E-state index in [1.165, 1.54) is 5.56 Å². The predicted octanol–water partition coefficient (Wildman–Crippen LogP) is 2.89. The molecule has 2 aliphatic rings. The van der Waals surface area contributed by atoms with E-state index in [4.69, 9.17) is 0 Å². The summed E-state index contributed by atoms with van der Waals surface area (Å²) in [7, 11) is 0. The van der Waals surface area contributed by atoms with Crippen LogP contribution in [0, 0.1) is 0 Å². The van der Waals surface area contributed by atoms with Crippen molar-refractivity contribution in [3.8, 4) is 0 Å². The highest BCUT2D eigenvalue weighted by molar-refractivity contribution is 8.01. The minimum Gasteiger partial charge on any atom is -0.315 e. The lowest BCUT2D eigenvalue weighted by molar-refractivity contribution is -0.135. The van der Waals surface area contributed by atoms with Gasteiger partial charge in [0.15, 0.2) is 0 Å². The summed E-state index contributed by atoms with van der Waals surface area (Å²) in [6.45, 7) is 4.78. The van der Waals surface area contributed by atoms with Crippen LogP contribution in [0.15, 0.2) is 36.5 Å². The highest BCUT2D eigenvalue weighted by atomic mass is 32.2. The Morgan fingerprint density at radius 2 is 2.04 bits per heavy atom. The van der Waals surface area contributed by atoms with E-state index in [0.29, 0.717) is 24.5 Å². The van der Waals surface area contributed by atoms with Crippen molar-refractivity contribution in [3.63, 3.8) is 0 Å². The van der Waals surface area contributed by atoms with Gasteiger partial charge in [-0.3, -0.25) is 9.59 Å². The Bertz CT molecular complexity index is 863. The smallest absolute Gasteiger partial charge is 0.249 e. The van der Waals surface area contributed by atoms with Gasteiger partial charge in [-0.2, -0.15) is 5.10 Å². The summed E-state index contributed by atoms with van der Waals surface area (Å²) < 4.78 is 1.78. The van der Waals surface area contributed by atoms with E-state index in [1.54, 1.807) is 33.6 Å². The van der Waals surface area contributed by atoms with Crippen molar-refractivity contribution in [2.24, 2.45) is 0 Å². The van der Waals surface area contributed by atoms with Crippen molar-refractivity contribution >= 4 is 29.4 Å². The Kier molecular flexibility index (Phi) is 4.72. The molecule has 27 heavy (non-hydrogen) atoms. The molecule has 2 saturated heterocycles. The molecule has 4 rings (SSSR count). The Hall–Kier alpha value is -2.28. The van der Waals surface area contributed by atoms with E-state index < -0.39 is 6.04 Å². The summed E-state index contributed by atoms with van der Waals surface area (Å²) in [6, 6.07) is 9.80. The minimum absolute atomic E-state index is 0.0761. The molecule has 0 spiro atoms. The van der Waals surface area contributed by atoms with Gasteiger partial charge >= 0.3 is 0 Å². The fourth-order valence-corrected chi connectivity index (χ4v) is 5.27. The largest absolute Gasteiger partial charge is 0.315 e. The fraction of sp³-hybridized carbons (Fsp3) is 0.450. The third kappa shape index (κ3) is 3.36. The molecule has 142 valence electrons. The summed E-state index contributed by atoms with van der Waals surface area (Å²) >= 11 is 1.70. The zero-order valence-electron chi connectivity index (χ0n) is 15.6. The normalized spacial score (nSPS) is 24.3. The molecule has 1 aromatic heterocycles. The molecule has 0 unspecified atom stereocenters. The topological polar surface area (TPSA) is 67.2 Å². The van der Waals surface area contributed by atoms with Crippen LogP contribution < -0.4 is 5.32 Å². The van der Waals surface area contributed by atoms with Gasteiger partial charge in [0, 0.05) is 18.2 Å². The lowest BCUT2D eigenvalue weighted by atomic mass is 10.1. The Morgan fingerprint density at radius 1 is 1.30 bits per heavy atom. The number of nitrogens with one attached hydrogen (secondary N) is 1. The molecule has 0 saturated carbocycles. The van der Waals surface area contributed by atoms with E-state index in [-0.39, 0.29) is 16.7 Å². The van der Waals surface area contributed by atoms with Crippen molar-refractivity contribution in [1.82, 2.24) is 14.7 Å². The number of hydrogen-bond donors (Lipinski definition) is 1. The molecule has 3 heterocycles. The van der Waals surface area contributed by atoms with Gasteiger partial charge < -0.3 is 10.2 Å². The molecule has 7 heteroatoms. The molecule has 2 amide bonds. The second-order valence-corrected chi connectivity index (χ2v) is 8.80. The van der Waals surface area contributed by atoms with Crippen molar-refractivity contribution in [2.45, 2.75) is 50.6 Å². The standard InChI is InChI=1S/C20H24N4O2S/c1-3-14-4-6-15(7-5-14)12-23-17(9-11-21-23)22-19(26)16-13-27-20(2)10-8-18(25)24(16)20/h4-7,9,11,16H,3,8,10,12-13H2,1-2H3,(H,22,26)/t16-,20+/m1/s1. The van der Waals surface area contributed by atoms with Crippen LogP contribution in [0.4, 0.5) is 5.82 Å². The number of carbonyl (C=O) groups excluding carboxylic acids is 2. The summed E-state index contributed by atoms with van der Waals surface area (Å²) in [5.74, 6) is 1.24. The first-order valence-corrected chi connectivity index (χ1v) is 10.4. The maximum Gasteiger partial charge on any atom is 0.249 e. The number of aryl methyl sites for hydroxylation is 1. The molecule has 2 aliphatic heterocycles. The van der Waals surface area contributed by atoms with E-state index in [1.807, 2.05) is 0 Å². The number of aromatic nitrogens is 2. The molecule has 1 N–H and O–H groups in total. The first-order chi connectivity index (χ1) is 13.0. The van der Waals surface area contributed by atoms with Crippen LogP contribution in [0.5, 0.6) is 0 Å². The predicted molar refractivity (Wildman–Crippen MR) is 107 cm³/mol. The van der Waals surface area contributed by atoms with E-state index >= 15 is 0 Å². The molecule has 2 atom stereocenters. The number of carbonyl (C=O) groups is 2. The zero-order chi connectivity index (χ0) is 19.0. The molecule has 2 fully saturated rings. The van der Waals surface area contributed by atoms with Crippen LogP contribution >= 0.6 is 11.8 Å². The van der Waals surface area contributed by atoms with Gasteiger partial charge in [0.1, 0.15) is 11.9 Å². The van der Waals surface area contributed by atoms with Gasteiger partial charge in [-0.25, -0.2) is 4.68 Å². The van der Waals surface area contributed by atoms with Gasteiger partial charge in [-0.05, 0) is 30.9 Å². The Morgan fingerprint density at radius 3 is 2.78 bits per heavy atom. The molecule has 0 radical (unpaired) electrons. The molecule has 1 aromatic carbocycles. The zero-order valence-corrected chi connectivity index (χ0v) is 16.5. The number of anilines is 1. The molecule has 6 nitrogen and oxygen atoms in total. The molecule has 2 aromatic rings. The quantitative estimate of drug-likeness (QED) is 0.861. The van der Waals surface area contributed by atoms with Crippen LogP contribution in [0.3, 0.4) is 0 Å². The van der Waals surface area contributed by atoms with Gasteiger partial charge in [-0.15, -0.1) is 11.8 Å².